The summed E-state index contributed by atoms with van der Waals surface area (Å²) >= 11 is 0. The summed E-state index contributed by atoms with van der Waals surface area (Å²) in [6.45, 7) is 12.1. The van der Waals surface area contributed by atoms with Crippen LogP contribution >= 0.6 is 0 Å². The Labute approximate surface area is 119 Å². The van der Waals surface area contributed by atoms with Crippen LogP contribution in [0.15, 0.2) is 0 Å². The lowest BCUT2D eigenvalue weighted by molar-refractivity contribution is 0.0446. The zero-order valence-corrected chi connectivity index (χ0v) is 13.1. The third kappa shape index (κ3) is 4.44. The molecule has 0 aromatic heterocycles. The molecule has 1 saturated heterocycles. The van der Waals surface area contributed by atoms with E-state index in [0.717, 1.165) is 32.2 Å². The second-order valence-corrected chi connectivity index (χ2v) is 6.98. The normalized spacial score (nSPS) is 27.5. The number of ether oxygens (including phenoxy) is 1. The van der Waals surface area contributed by atoms with Crippen molar-refractivity contribution in [3.8, 4) is 0 Å². The Morgan fingerprint density at radius 2 is 2.00 bits per heavy atom. The maximum absolute atomic E-state index is 5.78. The highest BCUT2D eigenvalue weighted by Crippen LogP contribution is 2.32. The molecule has 1 aliphatic heterocycles. The zero-order chi connectivity index (χ0) is 13.7. The van der Waals surface area contributed by atoms with Crippen molar-refractivity contribution in [1.29, 1.82) is 0 Å². The Bertz CT molecular complexity index is 261. The van der Waals surface area contributed by atoms with Gasteiger partial charge in [-0.2, -0.15) is 0 Å². The Hall–Kier alpha value is -0.120. The first-order valence-corrected chi connectivity index (χ1v) is 8.18. The van der Waals surface area contributed by atoms with E-state index in [9.17, 15) is 0 Å². The van der Waals surface area contributed by atoms with Crippen molar-refractivity contribution in [2.45, 2.75) is 64.5 Å². The molecule has 2 aliphatic rings. The van der Waals surface area contributed by atoms with Gasteiger partial charge in [-0.15, -0.1) is 0 Å². The molecule has 1 saturated carbocycles. The summed E-state index contributed by atoms with van der Waals surface area (Å²) in [5, 5.41) is 3.81. The predicted octanol–water partition coefficient (Wildman–Crippen LogP) is 2.66. The lowest BCUT2D eigenvalue weighted by Gasteiger charge is -2.45. The molecular weight excluding hydrogens is 236 g/mol. The SMILES string of the molecule is CC(C)CCOCCN1CC2(CCCC2)NCC1C. The minimum Gasteiger partial charge on any atom is -0.380 e. The Morgan fingerprint density at radius 3 is 2.68 bits per heavy atom. The number of nitrogens with one attached hydrogen (secondary N) is 1. The van der Waals surface area contributed by atoms with E-state index in [-0.39, 0.29) is 0 Å². The fourth-order valence-electron chi connectivity index (χ4n) is 3.38. The average Bonchev–Trinajstić information content (AvgIpc) is 2.81. The summed E-state index contributed by atoms with van der Waals surface area (Å²) in [6, 6.07) is 0.653. The molecule has 112 valence electrons. The number of piperazine rings is 1. The van der Waals surface area contributed by atoms with Crippen LogP contribution in [0.4, 0.5) is 0 Å². The maximum atomic E-state index is 5.78. The Kier molecular flexibility index (Phi) is 5.67. The molecule has 3 nitrogen and oxygen atoms in total. The molecule has 0 radical (unpaired) electrons. The first-order chi connectivity index (χ1) is 9.11. The van der Waals surface area contributed by atoms with Crippen LogP contribution in [0.5, 0.6) is 0 Å². The lowest BCUT2D eigenvalue weighted by atomic mass is 9.92. The van der Waals surface area contributed by atoms with E-state index in [4.69, 9.17) is 4.74 Å². The maximum Gasteiger partial charge on any atom is 0.0593 e. The Morgan fingerprint density at radius 1 is 1.26 bits per heavy atom. The number of hydrogen-bond donors (Lipinski definition) is 1. The monoisotopic (exact) mass is 268 g/mol. The molecule has 2 rings (SSSR count). The van der Waals surface area contributed by atoms with E-state index in [0.29, 0.717) is 11.6 Å². The molecule has 0 aromatic carbocycles. The highest BCUT2D eigenvalue weighted by atomic mass is 16.5. The van der Waals surface area contributed by atoms with E-state index in [1.54, 1.807) is 0 Å². The van der Waals surface area contributed by atoms with Gasteiger partial charge in [0, 0.05) is 37.8 Å². The number of rotatable bonds is 6. The highest BCUT2D eigenvalue weighted by molar-refractivity contribution is 5.00. The van der Waals surface area contributed by atoms with Crippen molar-refractivity contribution in [3.63, 3.8) is 0 Å². The molecule has 19 heavy (non-hydrogen) atoms. The summed E-state index contributed by atoms with van der Waals surface area (Å²) in [6.07, 6.45) is 6.72. The topological polar surface area (TPSA) is 24.5 Å². The van der Waals surface area contributed by atoms with Gasteiger partial charge < -0.3 is 10.1 Å². The molecule has 2 fully saturated rings. The zero-order valence-electron chi connectivity index (χ0n) is 13.1. The van der Waals surface area contributed by atoms with Gasteiger partial charge in [-0.25, -0.2) is 0 Å². The van der Waals surface area contributed by atoms with Gasteiger partial charge in [-0.3, -0.25) is 4.90 Å². The van der Waals surface area contributed by atoms with Crippen LogP contribution in [-0.4, -0.2) is 49.3 Å². The summed E-state index contributed by atoms with van der Waals surface area (Å²) in [5.41, 5.74) is 0.435. The van der Waals surface area contributed by atoms with Crippen molar-refractivity contribution < 1.29 is 4.74 Å². The van der Waals surface area contributed by atoms with Crippen molar-refractivity contribution in [2.75, 3.05) is 32.8 Å². The van der Waals surface area contributed by atoms with Gasteiger partial charge in [0.2, 0.25) is 0 Å². The predicted molar refractivity (Wildman–Crippen MR) is 80.5 cm³/mol. The van der Waals surface area contributed by atoms with Crippen LogP contribution in [0.3, 0.4) is 0 Å². The Balaban J connectivity index is 1.69. The van der Waals surface area contributed by atoms with Crippen LogP contribution in [0.25, 0.3) is 0 Å². The summed E-state index contributed by atoms with van der Waals surface area (Å²) in [5.74, 6) is 0.750. The third-order valence-corrected chi connectivity index (χ3v) is 4.82. The van der Waals surface area contributed by atoms with E-state index in [1.807, 2.05) is 0 Å². The molecule has 0 aromatic rings. The van der Waals surface area contributed by atoms with E-state index >= 15 is 0 Å². The number of hydrogen-bond acceptors (Lipinski definition) is 3. The van der Waals surface area contributed by atoms with Crippen LogP contribution < -0.4 is 5.32 Å². The van der Waals surface area contributed by atoms with Gasteiger partial charge in [-0.05, 0) is 32.1 Å². The quantitative estimate of drug-likeness (QED) is 0.750. The van der Waals surface area contributed by atoms with E-state index in [1.165, 1.54) is 38.6 Å². The molecule has 0 amide bonds. The molecule has 1 spiro atoms. The lowest BCUT2D eigenvalue weighted by Crippen LogP contribution is -2.62. The standard InChI is InChI=1S/C16H32N2O/c1-14(2)6-10-19-11-9-18-13-16(7-4-5-8-16)17-12-15(18)3/h14-15,17H,4-13H2,1-3H3. The second-order valence-electron chi connectivity index (χ2n) is 6.98. The van der Waals surface area contributed by atoms with Crippen LogP contribution in [0.1, 0.15) is 52.9 Å². The van der Waals surface area contributed by atoms with Crippen LogP contribution in [-0.2, 0) is 4.74 Å². The summed E-state index contributed by atoms with van der Waals surface area (Å²) < 4.78 is 5.78. The van der Waals surface area contributed by atoms with Gasteiger partial charge >= 0.3 is 0 Å². The molecule has 1 aliphatic carbocycles. The molecule has 1 atom stereocenters. The van der Waals surface area contributed by atoms with Crippen molar-refractivity contribution in [2.24, 2.45) is 5.92 Å². The van der Waals surface area contributed by atoms with Crippen LogP contribution in [0.2, 0.25) is 0 Å². The van der Waals surface area contributed by atoms with Crippen molar-refractivity contribution in [1.82, 2.24) is 10.2 Å². The van der Waals surface area contributed by atoms with Crippen molar-refractivity contribution in [3.05, 3.63) is 0 Å². The molecule has 1 heterocycles. The molecule has 1 unspecified atom stereocenters. The highest BCUT2D eigenvalue weighted by Gasteiger charge is 2.39. The van der Waals surface area contributed by atoms with Gasteiger partial charge in [-0.1, -0.05) is 26.7 Å². The van der Waals surface area contributed by atoms with E-state index in [2.05, 4.69) is 31.0 Å². The van der Waals surface area contributed by atoms with Crippen LogP contribution in [0, 0.1) is 5.92 Å². The molecule has 0 bridgehead atoms. The largest absolute Gasteiger partial charge is 0.380 e. The smallest absolute Gasteiger partial charge is 0.0593 e. The average molecular weight is 268 g/mol. The minimum atomic E-state index is 0.435. The number of nitrogens with zero attached hydrogens (tertiary/aromatic N) is 1. The first kappa shape index (κ1) is 15.3. The van der Waals surface area contributed by atoms with Crippen molar-refractivity contribution >= 4 is 0 Å². The third-order valence-electron chi connectivity index (χ3n) is 4.82. The summed E-state index contributed by atoms with van der Waals surface area (Å²) in [4.78, 5) is 2.64. The van der Waals surface area contributed by atoms with Gasteiger partial charge in [0.15, 0.2) is 0 Å². The van der Waals surface area contributed by atoms with Gasteiger partial charge in [0.25, 0.3) is 0 Å². The van der Waals surface area contributed by atoms with Gasteiger partial charge in [0.05, 0.1) is 6.61 Å². The minimum absolute atomic E-state index is 0.435. The van der Waals surface area contributed by atoms with E-state index < -0.39 is 0 Å². The fourth-order valence-corrected chi connectivity index (χ4v) is 3.38. The first-order valence-electron chi connectivity index (χ1n) is 8.18. The summed E-state index contributed by atoms with van der Waals surface area (Å²) in [7, 11) is 0. The fraction of sp³-hybridized carbons (Fsp3) is 1.00. The molecule has 3 heteroatoms. The molecule has 1 N–H and O–H groups in total. The van der Waals surface area contributed by atoms with Gasteiger partial charge in [0.1, 0.15) is 0 Å². The second kappa shape index (κ2) is 7.05. The molecular formula is C16H32N2O.